The normalized spacial score (nSPS) is 21.5. The van der Waals surface area contributed by atoms with Gasteiger partial charge in [0.25, 0.3) is 0 Å². The lowest BCUT2D eigenvalue weighted by Crippen LogP contribution is -2.13. The van der Waals surface area contributed by atoms with Crippen molar-refractivity contribution in [2.75, 3.05) is 0 Å². The summed E-state index contributed by atoms with van der Waals surface area (Å²) in [5.41, 5.74) is 0. The molecule has 1 nitrogen and oxygen atoms in total. The van der Waals surface area contributed by atoms with E-state index in [-0.39, 0.29) is 0 Å². The second kappa shape index (κ2) is 5.80. The standard InChI is InChI=1S/C12H19N/c1-11(7-5-6-10-13)12-8-3-2-4-9-12/h5,7,11-12H,2-4,6,8-9H2,1H3/b7-5+. The molecule has 0 saturated heterocycles. The van der Waals surface area contributed by atoms with Crippen molar-refractivity contribution in [2.45, 2.75) is 45.4 Å². The second-order valence-corrected chi connectivity index (χ2v) is 4.05. The maximum Gasteiger partial charge on any atom is 0.0663 e. The predicted octanol–water partition coefficient (Wildman–Crippen LogP) is 3.67. The Bertz CT molecular complexity index is 194. The van der Waals surface area contributed by atoms with Crippen LogP contribution in [-0.2, 0) is 0 Å². The summed E-state index contributed by atoms with van der Waals surface area (Å²) in [6.45, 7) is 2.28. The van der Waals surface area contributed by atoms with E-state index in [1.165, 1.54) is 32.1 Å². The van der Waals surface area contributed by atoms with Gasteiger partial charge in [0.15, 0.2) is 0 Å². The summed E-state index contributed by atoms with van der Waals surface area (Å²) in [6, 6.07) is 2.14. The van der Waals surface area contributed by atoms with Gasteiger partial charge < -0.3 is 0 Å². The molecular weight excluding hydrogens is 158 g/mol. The van der Waals surface area contributed by atoms with Crippen LogP contribution < -0.4 is 0 Å². The van der Waals surface area contributed by atoms with E-state index >= 15 is 0 Å². The number of allylic oxidation sites excluding steroid dienone is 2. The molecule has 1 aliphatic rings. The van der Waals surface area contributed by atoms with Gasteiger partial charge in [0, 0.05) is 0 Å². The SMILES string of the molecule is CC(/C=C/CC#N)C1CCCCC1. The van der Waals surface area contributed by atoms with E-state index in [9.17, 15) is 0 Å². The molecule has 72 valence electrons. The quantitative estimate of drug-likeness (QED) is 0.603. The molecule has 0 aliphatic heterocycles. The van der Waals surface area contributed by atoms with E-state index < -0.39 is 0 Å². The molecule has 0 N–H and O–H groups in total. The van der Waals surface area contributed by atoms with Crippen LogP contribution in [0.4, 0.5) is 0 Å². The van der Waals surface area contributed by atoms with E-state index in [1.807, 2.05) is 6.08 Å². The van der Waals surface area contributed by atoms with E-state index in [1.54, 1.807) is 0 Å². The van der Waals surface area contributed by atoms with E-state index in [0.29, 0.717) is 12.3 Å². The molecule has 0 aromatic carbocycles. The molecule has 0 aromatic rings. The Morgan fingerprint density at radius 2 is 2.08 bits per heavy atom. The number of rotatable bonds is 3. The molecule has 13 heavy (non-hydrogen) atoms. The van der Waals surface area contributed by atoms with Crippen molar-refractivity contribution in [3.8, 4) is 6.07 Å². The summed E-state index contributed by atoms with van der Waals surface area (Å²) in [5, 5.41) is 8.39. The van der Waals surface area contributed by atoms with Crippen LogP contribution >= 0.6 is 0 Å². The highest BCUT2D eigenvalue weighted by molar-refractivity contribution is 4.95. The molecule has 0 aromatic heterocycles. The molecule has 0 spiro atoms. The fraction of sp³-hybridized carbons (Fsp3) is 0.750. The molecule has 1 aliphatic carbocycles. The zero-order chi connectivity index (χ0) is 9.52. The van der Waals surface area contributed by atoms with E-state index in [0.717, 1.165) is 5.92 Å². The van der Waals surface area contributed by atoms with Crippen LogP contribution in [0.25, 0.3) is 0 Å². The van der Waals surface area contributed by atoms with Crippen LogP contribution in [-0.4, -0.2) is 0 Å². The first-order valence-electron chi connectivity index (χ1n) is 5.38. The Morgan fingerprint density at radius 3 is 2.69 bits per heavy atom. The summed E-state index contributed by atoms with van der Waals surface area (Å²) in [5.74, 6) is 1.55. The number of hydrogen-bond acceptors (Lipinski definition) is 1. The first kappa shape index (κ1) is 10.3. The van der Waals surface area contributed by atoms with Gasteiger partial charge in [-0.3, -0.25) is 0 Å². The van der Waals surface area contributed by atoms with Crippen LogP contribution in [0.5, 0.6) is 0 Å². The molecule has 1 unspecified atom stereocenters. The van der Waals surface area contributed by atoms with Crippen LogP contribution in [0.3, 0.4) is 0 Å². The van der Waals surface area contributed by atoms with Gasteiger partial charge >= 0.3 is 0 Å². The molecule has 0 bridgehead atoms. The lowest BCUT2D eigenvalue weighted by Gasteiger charge is -2.25. The predicted molar refractivity (Wildman–Crippen MR) is 55.1 cm³/mol. The van der Waals surface area contributed by atoms with Gasteiger partial charge in [0.1, 0.15) is 0 Å². The topological polar surface area (TPSA) is 23.8 Å². The lowest BCUT2D eigenvalue weighted by atomic mass is 9.81. The van der Waals surface area contributed by atoms with Crippen LogP contribution in [0.2, 0.25) is 0 Å². The zero-order valence-corrected chi connectivity index (χ0v) is 8.50. The van der Waals surface area contributed by atoms with Crippen molar-refractivity contribution in [1.29, 1.82) is 5.26 Å². The first-order chi connectivity index (χ1) is 6.34. The van der Waals surface area contributed by atoms with Crippen molar-refractivity contribution in [2.24, 2.45) is 11.8 Å². The molecule has 0 heterocycles. The average Bonchev–Trinajstić information content (AvgIpc) is 2.19. The smallest absolute Gasteiger partial charge is 0.0663 e. The maximum absolute atomic E-state index is 8.39. The summed E-state index contributed by atoms with van der Waals surface area (Å²) in [6.07, 6.45) is 11.8. The van der Waals surface area contributed by atoms with Gasteiger partial charge in [0.2, 0.25) is 0 Å². The summed E-state index contributed by atoms with van der Waals surface area (Å²) in [4.78, 5) is 0. The Hall–Kier alpha value is -0.770. The summed E-state index contributed by atoms with van der Waals surface area (Å²) >= 11 is 0. The van der Waals surface area contributed by atoms with Crippen molar-refractivity contribution in [3.63, 3.8) is 0 Å². The number of hydrogen-bond donors (Lipinski definition) is 0. The highest BCUT2D eigenvalue weighted by Gasteiger charge is 2.17. The molecule has 1 rings (SSSR count). The third-order valence-corrected chi connectivity index (χ3v) is 3.04. The Labute approximate surface area is 81.5 Å². The van der Waals surface area contributed by atoms with Crippen molar-refractivity contribution < 1.29 is 0 Å². The number of nitrogens with zero attached hydrogens (tertiary/aromatic N) is 1. The molecular formula is C12H19N. The van der Waals surface area contributed by atoms with E-state index in [4.69, 9.17) is 5.26 Å². The van der Waals surface area contributed by atoms with E-state index in [2.05, 4.69) is 19.1 Å². The Morgan fingerprint density at radius 1 is 1.38 bits per heavy atom. The molecule has 1 saturated carbocycles. The third kappa shape index (κ3) is 3.63. The van der Waals surface area contributed by atoms with Crippen LogP contribution in [0, 0.1) is 23.2 Å². The van der Waals surface area contributed by atoms with Crippen LogP contribution in [0.15, 0.2) is 12.2 Å². The molecule has 0 amide bonds. The molecule has 1 atom stereocenters. The monoisotopic (exact) mass is 177 g/mol. The summed E-state index contributed by atoms with van der Waals surface area (Å²) in [7, 11) is 0. The van der Waals surface area contributed by atoms with Crippen molar-refractivity contribution in [1.82, 2.24) is 0 Å². The molecule has 1 fully saturated rings. The fourth-order valence-electron chi connectivity index (χ4n) is 2.15. The maximum atomic E-state index is 8.39. The minimum Gasteiger partial charge on any atom is -0.198 e. The molecule has 1 heteroatoms. The van der Waals surface area contributed by atoms with Gasteiger partial charge in [-0.1, -0.05) is 38.3 Å². The number of nitriles is 1. The summed E-state index contributed by atoms with van der Waals surface area (Å²) < 4.78 is 0. The van der Waals surface area contributed by atoms with Crippen molar-refractivity contribution >= 4 is 0 Å². The van der Waals surface area contributed by atoms with Gasteiger partial charge in [-0.2, -0.15) is 5.26 Å². The largest absolute Gasteiger partial charge is 0.198 e. The highest BCUT2D eigenvalue weighted by atomic mass is 14.2. The lowest BCUT2D eigenvalue weighted by molar-refractivity contribution is 0.299. The second-order valence-electron chi connectivity index (χ2n) is 4.05. The fourth-order valence-corrected chi connectivity index (χ4v) is 2.15. The average molecular weight is 177 g/mol. The minimum absolute atomic E-state index is 0.567. The van der Waals surface area contributed by atoms with Gasteiger partial charge in [-0.15, -0.1) is 0 Å². The third-order valence-electron chi connectivity index (χ3n) is 3.04. The first-order valence-corrected chi connectivity index (χ1v) is 5.38. The van der Waals surface area contributed by atoms with Gasteiger partial charge in [0.05, 0.1) is 12.5 Å². The minimum atomic E-state index is 0.567. The Kier molecular flexibility index (Phi) is 4.60. The van der Waals surface area contributed by atoms with Crippen molar-refractivity contribution in [3.05, 3.63) is 12.2 Å². The van der Waals surface area contributed by atoms with Gasteiger partial charge in [-0.25, -0.2) is 0 Å². The highest BCUT2D eigenvalue weighted by Crippen LogP contribution is 2.30. The zero-order valence-electron chi connectivity index (χ0n) is 8.50. The van der Waals surface area contributed by atoms with Gasteiger partial charge in [-0.05, 0) is 24.7 Å². The molecule has 0 radical (unpaired) electrons. The van der Waals surface area contributed by atoms with Crippen LogP contribution in [0.1, 0.15) is 45.4 Å². The Balaban J connectivity index is 2.29.